The van der Waals surface area contributed by atoms with Crippen LogP contribution in [0.15, 0.2) is 24.3 Å². The van der Waals surface area contributed by atoms with E-state index in [1.165, 1.54) is 40.0 Å². The number of carbonyl (C=O) groups excluding carboxylic acids is 2. The molecule has 3 heterocycles. The van der Waals surface area contributed by atoms with Crippen LogP contribution in [0.1, 0.15) is 56.1 Å². The number of likely N-dealkylation sites (tertiary alicyclic amines) is 1. The number of benzene rings is 1. The summed E-state index contributed by atoms with van der Waals surface area (Å²) < 4.78 is 67.7. The van der Waals surface area contributed by atoms with Crippen molar-refractivity contribution >= 4 is 22.0 Å². The molecule has 4 fully saturated rings. The van der Waals surface area contributed by atoms with Crippen LogP contribution in [0, 0.1) is 17.8 Å². The highest BCUT2D eigenvalue weighted by Gasteiger charge is 2.46. The highest BCUT2D eigenvalue weighted by Crippen LogP contribution is 2.40. The van der Waals surface area contributed by atoms with Gasteiger partial charge in [-0.25, -0.2) is 0 Å². The Hall–Kier alpha value is -2.18. The molecule has 2 amide bonds. The summed E-state index contributed by atoms with van der Waals surface area (Å²) in [6.07, 6.45) is 1.51. The number of rotatable bonds is 7. The molecule has 210 valence electrons. The van der Waals surface area contributed by atoms with E-state index in [0.29, 0.717) is 69.3 Å². The molecule has 8 nitrogen and oxygen atoms in total. The summed E-state index contributed by atoms with van der Waals surface area (Å²) in [6.45, 7) is 2.14. The number of nitrogens with zero attached hydrogens (tertiary/aromatic N) is 3. The molecule has 0 aromatic heterocycles. The minimum Gasteiger partial charge on any atom is -0.350 e. The molecule has 3 saturated heterocycles. The van der Waals surface area contributed by atoms with Crippen molar-refractivity contribution in [1.29, 1.82) is 0 Å². The monoisotopic (exact) mass is 556 g/mol. The lowest BCUT2D eigenvalue weighted by Crippen LogP contribution is -2.59. The number of nitrogens with one attached hydrogen (secondary N) is 1. The van der Waals surface area contributed by atoms with Gasteiger partial charge in [0.05, 0.1) is 11.5 Å². The lowest BCUT2D eigenvalue weighted by Gasteiger charge is -2.47. The largest absolute Gasteiger partial charge is 0.416 e. The Balaban J connectivity index is 1.15. The molecule has 5 rings (SSSR count). The molecule has 3 aliphatic heterocycles. The Labute approximate surface area is 221 Å². The van der Waals surface area contributed by atoms with Crippen molar-refractivity contribution in [1.82, 2.24) is 18.8 Å². The average Bonchev–Trinajstić information content (AvgIpc) is 3.32. The Kier molecular flexibility index (Phi) is 7.76. The van der Waals surface area contributed by atoms with Crippen molar-refractivity contribution in [3.05, 3.63) is 35.4 Å². The highest BCUT2D eigenvalue weighted by atomic mass is 32.2. The maximum Gasteiger partial charge on any atom is 0.416 e. The van der Waals surface area contributed by atoms with E-state index < -0.39 is 33.9 Å². The zero-order valence-electron chi connectivity index (χ0n) is 21.3. The number of halogens is 3. The molecule has 38 heavy (non-hydrogen) atoms. The van der Waals surface area contributed by atoms with Gasteiger partial charge in [-0.1, -0.05) is 31.4 Å². The van der Waals surface area contributed by atoms with Crippen LogP contribution in [0.4, 0.5) is 13.2 Å². The summed E-state index contributed by atoms with van der Waals surface area (Å²) in [5, 5.41) is 2.75. The minimum atomic E-state index is -4.42. The molecular formula is C26H35F3N4O4S. The van der Waals surface area contributed by atoms with Crippen LogP contribution in [0.5, 0.6) is 0 Å². The quantitative estimate of drug-likeness (QED) is 0.559. The molecule has 12 heteroatoms. The first-order valence-electron chi connectivity index (χ1n) is 13.5. The number of amides is 2. The number of carbonyl (C=O) groups is 2. The fourth-order valence-corrected chi connectivity index (χ4v) is 7.85. The molecule has 0 unspecified atom stereocenters. The van der Waals surface area contributed by atoms with E-state index in [2.05, 4.69) is 5.32 Å². The molecule has 4 aliphatic rings. The molecule has 1 aromatic rings. The van der Waals surface area contributed by atoms with Crippen LogP contribution < -0.4 is 5.32 Å². The molecular weight excluding hydrogens is 521 g/mol. The van der Waals surface area contributed by atoms with Gasteiger partial charge in [-0.05, 0) is 55.2 Å². The smallest absolute Gasteiger partial charge is 0.350 e. The normalized spacial score (nSPS) is 26.1. The molecule has 0 radical (unpaired) electrons. The number of hydrogen-bond donors (Lipinski definition) is 1. The van der Waals surface area contributed by atoms with E-state index in [-0.39, 0.29) is 24.9 Å². The lowest BCUT2D eigenvalue weighted by molar-refractivity contribution is -0.142. The van der Waals surface area contributed by atoms with Gasteiger partial charge in [0.15, 0.2) is 0 Å². The SMILES string of the molecule is O=C(NCc1ccc(C(F)(F)F)cc1)[C@H]1CCCN1C(=O)[C@H]1CCCN(S(=O)(=O)N2CC(C3CCC3)C2)C1. The molecule has 0 bridgehead atoms. The predicted molar refractivity (Wildman–Crippen MR) is 134 cm³/mol. The van der Waals surface area contributed by atoms with Gasteiger partial charge in [0.2, 0.25) is 11.8 Å². The molecule has 1 aliphatic carbocycles. The van der Waals surface area contributed by atoms with Crippen LogP contribution in [-0.4, -0.2) is 72.5 Å². The van der Waals surface area contributed by atoms with E-state index in [1.807, 2.05) is 0 Å². The summed E-state index contributed by atoms with van der Waals surface area (Å²) in [6, 6.07) is 3.93. The fourth-order valence-electron chi connectivity index (χ4n) is 6.04. The van der Waals surface area contributed by atoms with Crippen molar-refractivity contribution in [2.45, 2.75) is 63.7 Å². The number of alkyl halides is 3. The van der Waals surface area contributed by atoms with Crippen molar-refractivity contribution in [3.8, 4) is 0 Å². The third-order valence-corrected chi connectivity index (χ3v) is 10.6. The summed E-state index contributed by atoms with van der Waals surface area (Å²) in [4.78, 5) is 27.9. The summed E-state index contributed by atoms with van der Waals surface area (Å²) >= 11 is 0. The predicted octanol–water partition coefficient (Wildman–Crippen LogP) is 3.00. The second kappa shape index (κ2) is 10.8. The molecule has 1 N–H and O–H groups in total. The standard InChI is InChI=1S/C26H35F3N4O4S/c27-26(28,29)22-10-8-18(9-11-22)14-30-24(34)23-7-3-13-33(23)25(35)20-6-2-12-31(15-20)38(36,37)32-16-21(17-32)19-4-1-5-19/h8-11,19-21,23H,1-7,12-17H2,(H,30,34)/t20-,23+/m0/s1. The Bertz CT molecular complexity index is 1130. The van der Waals surface area contributed by atoms with E-state index in [1.54, 1.807) is 4.90 Å². The van der Waals surface area contributed by atoms with E-state index in [0.717, 1.165) is 12.1 Å². The molecule has 0 spiro atoms. The van der Waals surface area contributed by atoms with Gasteiger partial charge >= 0.3 is 6.18 Å². The van der Waals surface area contributed by atoms with Crippen molar-refractivity contribution < 1.29 is 31.2 Å². The van der Waals surface area contributed by atoms with Gasteiger partial charge in [-0.15, -0.1) is 0 Å². The molecule has 1 saturated carbocycles. The minimum absolute atomic E-state index is 0.0582. The highest BCUT2D eigenvalue weighted by molar-refractivity contribution is 7.86. The van der Waals surface area contributed by atoms with Gasteiger partial charge in [-0.3, -0.25) is 9.59 Å². The van der Waals surface area contributed by atoms with Crippen LogP contribution in [-0.2, 0) is 32.5 Å². The van der Waals surface area contributed by atoms with Crippen LogP contribution >= 0.6 is 0 Å². The number of hydrogen-bond acceptors (Lipinski definition) is 4. The van der Waals surface area contributed by atoms with E-state index >= 15 is 0 Å². The average molecular weight is 557 g/mol. The van der Waals surface area contributed by atoms with Gasteiger partial charge in [-0.2, -0.15) is 30.2 Å². The Morgan fingerprint density at radius 1 is 0.868 bits per heavy atom. The Morgan fingerprint density at radius 3 is 2.18 bits per heavy atom. The lowest BCUT2D eigenvalue weighted by atomic mass is 9.73. The first-order valence-corrected chi connectivity index (χ1v) is 14.9. The van der Waals surface area contributed by atoms with Crippen molar-refractivity contribution in [3.63, 3.8) is 0 Å². The van der Waals surface area contributed by atoms with Gasteiger partial charge in [0.25, 0.3) is 10.2 Å². The zero-order valence-corrected chi connectivity index (χ0v) is 22.1. The zero-order chi connectivity index (χ0) is 27.1. The fraction of sp³-hybridized carbons (Fsp3) is 0.692. The van der Waals surface area contributed by atoms with Crippen LogP contribution in [0.3, 0.4) is 0 Å². The van der Waals surface area contributed by atoms with Gasteiger partial charge in [0, 0.05) is 39.3 Å². The second-order valence-corrected chi connectivity index (χ2v) is 13.0. The molecule has 1 aromatic carbocycles. The third-order valence-electron chi connectivity index (χ3n) is 8.67. The maximum atomic E-state index is 13.4. The van der Waals surface area contributed by atoms with E-state index in [4.69, 9.17) is 0 Å². The number of piperidine rings is 1. The summed E-state index contributed by atoms with van der Waals surface area (Å²) in [5.74, 6) is 0.0547. The van der Waals surface area contributed by atoms with Crippen molar-refractivity contribution in [2.24, 2.45) is 17.8 Å². The van der Waals surface area contributed by atoms with Crippen LogP contribution in [0.2, 0.25) is 0 Å². The van der Waals surface area contributed by atoms with E-state index in [9.17, 15) is 31.2 Å². The first-order chi connectivity index (χ1) is 18.0. The summed E-state index contributed by atoms with van der Waals surface area (Å²) in [5.41, 5.74) is -0.225. The Morgan fingerprint density at radius 2 is 1.55 bits per heavy atom. The van der Waals surface area contributed by atoms with Crippen molar-refractivity contribution in [2.75, 3.05) is 32.7 Å². The van der Waals surface area contributed by atoms with Crippen LogP contribution in [0.25, 0.3) is 0 Å². The maximum absolute atomic E-state index is 13.4. The third kappa shape index (κ3) is 5.58. The first kappa shape index (κ1) is 27.4. The van der Waals surface area contributed by atoms with Gasteiger partial charge < -0.3 is 10.2 Å². The molecule has 2 atom stereocenters. The summed E-state index contributed by atoms with van der Waals surface area (Å²) in [7, 11) is -3.60. The topological polar surface area (TPSA) is 90.0 Å². The van der Waals surface area contributed by atoms with Gasteiger partial charge in [0.1, 0.15) is 6.04 Å². The second-order valence-electron chi connectivity index (χ2n) is 11.1.